The van der Waals surface area contributed by atoms with E-state index in [1.807, 2.05) is 11.0 Å². The lowest BCUT2D eigenvalue weighted by molar-refractivity contribution is -0.139. The number of hydrogen-bond acceptors (Lipinski definition) is 10. The number of aromatic nitrogens is 3. The fraction of sp³-hybridized carbons (Fsp3) is 0.375. The van der Waals surface area contributed by atoms with E-state index in [4.69, 9.17) is 4.74 Å². The number of pyridine rings is 3. The standard InChI is InChI=1S/C24H26N6O5S/c1-35-20-5-3-15-21(29-20)16(6-9-25-15)27-23(33)24(34)7-10-30(11-8-24)12-17(31)14-2-4-18-22(26-14)28-19(32)13-36-18/h2-6,9,17,31,34H,7-8,10-13H2,1H3,(H,25,27,33)(H,26,28,32). The number of rotatable bonds is 6. The summed E-state index contributed by atoms with van der Waals surface area (Å²) in [5, 5.41) is 27.3. The van der Waals surface area contributed by atoms with Crippen molar-refractivity contribution >= 4 is 46.1 Å². The normalized spacial score (nSPS) is 18.2. The fourth-order valence-electron chi connectivity index (χ4n) is 4.30. The van der Waals surface area contributed by atoms with Crippen LogP contribution < -0.4 is 15.4 Å². The molecule has 1 saturated heterocycles. The van der Waals surface area contributed by atoms with Crippen molar-refractivity contribution in [1.29, 1.82) is 0 Å². The van der Waals surface area contributed by atoms with Gasteiger partial charge in [-0.1, -0.05) is 0 Å². The van der Waals surface area contributed by atoms with Crippen molar-refractivity contribution in [2.75, 3.05) is 43.1 Å². The van der Waals surface area contributed by atoms with Crippen LogP contribution in [0, 0.1) is 0 Å². The molecule has 5 heterocycles. The highest BCUT2D eigenvalue weighted by molar-refractivity contribution is 8.00. The van der Waals surface area contributed by atoms with Crippen LogP contribution in [0.1, 0.15) is 24.6 Å². The molecular formula is C24H26N6O5S. The molecule has 1 atom stereocenters. The van der Waals surface area contributed by atoms with Crippen molar-refractivity contribution in [2.45, 2.75) is 29.4 Å². The van der Waals surface area contributed by atoms with E-state index in [1.54, 1.807) is 30.5 Å². The number of nitrogens with one attached hydrogen (secondary N) is 2. The van der Waals surface area contributed by atoms with Crippen LogP contribution in [0.3, 0.4) is 0 Å². The Labute approximate surface area is 211 Å². The van der Waals surface area contributed by atoms with E-state index in [0.29, 0.717) is 59.5 Å². The van der Waals surface area contributed by atoms with Crippen molar-refractivity contribution in [1.82, 2.24) is 19.9 Å². The molecule has 0 spiro atoms. The maximum Gasteiger partial charge on any atom is 0.256 e. The number of aliphatic hydroxyl groups excluding tert-OH is 1. The summed E-state index contributed by atoms with van der Waals surface area (Å²) in [4.78, 5) is 40.6. The van der Waals surface area contributed by atoms with Crippen molar-refractivity contribution in [3.05, 3.63) is 42.2 Å². The van der Waals surface area contributed by atoms with E-state index in [2.05, 4.69) is 25.6 Å². The Morgan fingerprint density at radius 2 is 2.06 bits per heavy atom. The molecule has 188 valence electrons. The monoisotopic (exact) mass is 510 g/mol. The number of β-amino-alcohol motifs (C(OH)–C–C–N with tert-alkyl or cyclic N) is 1. The Bertz CT molecular complexity index is 1310. The van der Waals surface area contributed by atoms with Gasteiger partial charge in [-0.15, -0.1) is 11.8 Å². The topological polar surface area (TPSA) is 150 Å². The molecule has 5 rings (SSSR count). The second-order valence-electron chi connectivity index (χ2n) is 8.80. The van der Waals surface area contributed by atoms with E-state index < -0.39 is 17.6 Å². The number of nitrogens with zero attached hydrogens (tertiary/aromatic N) is 4. The highest BCUT2D eigenvalue weighted by atomic mass is 32.2. The molecule has 2 aliphatic heterocycles. The summed E-state index contributed by atoms with van der Waals surface area (Å²) in [6, 6.07) is 8.67. The number of likely N-dealkylation sites (tertiary alicyclic amines) is 1. The molecule has 1 unspecified atom stereocenters. The lowest BCUT2D eigenvalue weighted by Gasteiger charge is -2.37. The molecular weight excluding hydrogens is 484 g/mol. The molecule has 0 aliphatic carbocycles. The quantitative estimate of drug-likeness (QED) is 0.385. The molecule has 11 nitrogen and oxygen atoms in total. The predicted molar refractivity (Wildman–Crippen MR) is 134 cm³/mol. The van der Waals surface area contributed by atoms with Gasteiger partial charge in [0.25, 0.3) is 5.91 Å². The molecule has 3 aromatic heterocycles. The van der Waals surface area contributed by atoms with Gasteiger partial charge in [-0.05, 0) is 37.1 Å². The number of thioether (sulfide) groups is 1. The molecule has 1 fully saturated rings. The SMILES string of the molecule is COc1ccc2nccc(NC(=O)C3(O)CCN(CC(O)c4ccc5c(n4)NC(=O)CS5)CC3)c2n1. The van der Waals surface area contributed by atoms with Gasteiger partial charge in [0.2, 0.25) is 11.8 Å². The van der Waals surface area contributed by atoms with Crippen LogP contribution in [0.4, 0.5) is 11.5 Å². The number of hydrogen-bond donors (Lipinski definition) is 4. The number of amides is 2. The largest absolute Gasteiger partial charge is 0.481 e. The minimum absolute atomic E-state index is 0.116. The lowest BCUT2D eigenvalue weighted by atomic mass is 9.90. The first kappa shape index (κ1) is 24.4. The smallest absolute Gasteiger partial charge is 0.256 e. The predicted octanol–water partition coefficient (Wildman–Crippen LogP) is 1.58. The van der Waals surface area contributed by atoms with Gasteiger partial charge in [0, 0.05) is 31.9 Å². The number of piperidine rings is 1. The first-order chi connectivity index (χ1) is 17.3. The van der Waals surface area contributed by atoms with Gasteiger partial charge in [0.1, 0.15) is 23.0 Å². The zero-order chi connectivity index (χ0) is 25.3. The van der Waals surface area contributed by atoms with Crippen LogP contribution in [0.25, 0.3) is 11.0 Å². The number of ether oxygens (including phenoxy) is 1. The lowest BCUT2D eigenvalue weighted by Crippen LogP contribution is -2.52. The molecule has 3 aromatic rings. The summed E-state index contributed by atoms with van der Waals surface area (Å²) in [5.74, 6) is 0.585. The van der Waals surface area contributed by atoms with Crippen LogP contribution in [-0.2, 0) is 9.59 Å². The number of carbonyl (C=O) groups excluding carboxylic acids is 2. The average molecular weight is 511 g/mol. The van der Waals surface area contributed by atoms with Crippen molar-refractivity contribution in [3.8, 4) is 5.88 Å². The van der Waals surface area contributed by atoms with Crippen LogP contribution in [0.2, 0.25) is 0 Å². The number of methoxy groups -OCH3 is 1. The van der Waals surface area contributed by atoms with Gasteiger partial charge in [-0.2, -0.15) is 0 Å². The zero-order valence-electron chi connectivity index (χ0n) is 19.6. The van der Waals surface area contributed by atoms with E-state index >= 15 is 0 Å². The molecule has 4 N–H and O–H groups in total. The van der Waals surface area contributed by atoms with Gasteiger partial charge < -0.3 is 30.5 Å². The molecule has 12 heteroatoms. The summed E-state index contributed by atoms with van der Waals surface area (Å²) in [6.45, 7) is 1.13. The summed E-state index contributed by atoms with van der Waals surface area (Å²) in [6.07, 6.45) is 1.10. The molecule has 2 amide bonds. The number of fused-ring (bicyclic) bond motifs is 2. The van der Waals surface area contributed by atoms with Crippen molar-refractivity contribution in [3.63, 3.8) is 0 Å². The van der Waals surface area contributed by atoms with E-state index in [0.717, 1.165) is 4.90 Å². The average Bonchev–Trinajstić information content (AvgIpc) is 2.89. The van der Waals surface area contributed by atoms with E-state index in [9.17, 15) is 19.8 Å². The maximum atomic E-state index is 13.0. The Morgan fingerprint density at radius 3 is 2.83 bits per heavy atom. The Morgan fingerprint density at radius 1 is 1.25 bits per heavy atom. The Balaban J connectivity index is 1.21. The van der Waals surface area contributed by atoms with Gasteiger partial charge in [-0.25, -0.2) is 9.97 Å². The number of anilines is 2. The van der Waals surface area contributed by atoms with E-state index in [-0.39, 0.29) is 18.7 Å². The third-order valence-electron chi connectivity index (χ3n) is 6.39. The summed E-state index contributed by atoms with van der Waals surface area (Å²) >= 11 is 1.41. The van der Waals surface area contributed by atoms with Crippen LogP contribution in [0.5, 0.6) is 5.88 Å². The first-order valence-corrected chi connectivity index (χ1v) is 12.5. The summed E-state index contributed by atoms with van der Waals surface area (Å²) < 4.78 is 5.17. The molecule has 0 saturated carbocycles. The molecule has 0 radical (unpaired) electrons. The van der Waals surface area contributed by atoms with Crippen LogP contribution >= 0.6 is 11.8 Å². The molecule has 0 bridgehead atoms. The second-order valence-corrected chi connectivity index (χ2v) is 9.82. The minimum atomic E-state index is -1.55. The Hall–Kier alpha value is -3.32. The number of aliphatic hydroxyl groups is 2. The second kappa shape index (κ2) is 9.97. The minimum Gasteiger partial charge on any atom is -0.481 e. The zero-order valence-corrected chi connectivity index (χ0v) is 20.4. The van der Waals surface area contributed by atoms with Crippen molar-refractivity contribution in [2.24, 2.45) is 0 Å². The van der Waals surface area contributed by atoms with Gasteiger partial charge in [0.15, 0.2) is 0 Å². The summed E-state index contributed by atoms with van der Waals surface area (Å²) in [5.41, 5.74) is 0.419. The van der Waals surface area contributed by atoms with Gasteiger partial charge in [-0.3, -0.25) is 14.6 Å². The van der Waals surface area contributed by atoms with E-state index in [1.165, 1.54) is 18.9 Å². The van der Waals surface area contributed by atoms with Crippen molar-refractivity contribution < 1.29 is 24.5 Å². The highest BCUT2D eigenvalue weighted by Crippen LogP contribution is 2.32. The van der Waals surface area contributed by atoms with Crippen LogP contribution in [-0.4, -0.2) is 80.0 Å². The first-order valence-electron chi connectivity index (χ1n) is 11.5. The highest BCUT2D eigenvalue weighted by Gasteiger charge is 2.40. The van der Waals surface area contributed by atoms with Gasteiger partial charge >= 0.3 is 0 Å². The molecule has 36 heavy (non-hydrogen) atoms. The summed E-state index contributed by atoms with van der Waals surface area (Å²) in [7, 11) is 1.51. The third kappa shape index (κ3) is 4.98. The molecule has 0 aromatic carbocycles. The Kier molecular flexibility index (Phi) is 6.75. The van der Waals surface area contributed by atoms with Gasteiger partial charge in [0.05, 0.1) is 34.7 Å². The third-order valence-corrected chi connectivity index (χ3v) is 7.44. The molecule has 2 aliphatic rings. The van der Waals surface area contributed by atoms with Crippen LogP contribution in [0.15, 0.2) is 41.4 Å². The fourth-order valence-corrected chi connectivity index (χ4v) is 5.05. The maximum absolute atomic E-state index is 13.0. The number of carbonyl (C=O) groups is 2.